The van der Waals surface area contributed by atoms with Crippen molar-refractivity contribution >= 4 is 5.91 Å². The minimum Gasteiger partial charge on any atom is -0.395 e. The van der Waals surface area contributed by atoms with Crippen molar-refractivity contribution in [1.82, 2.24) is 4.90 Å². The Hall–Kier alpha value is -0.870. The van der Waals surface area contributed by atoms with Gasteiger partial charge in [-0.15, -0.1) is 0 Å². The molecule has 0 saturated carbocycles. The van der Waals surface area contributed by atoms with Crippen molar-refractivity contribution < 1.29 is 15.0 Å². The Balaban J connectivity index is 3.31. The standard InChI is InChI=1S/C26H51NO3/c1-2-3-4-5-6-7-8-9-10-11-12-13-14-15-16-17-18-19-20-21-26(30)27(22-24-28)23-25-29/h9-10,28-29H,2-8,11-25H2,1H3. The zero-order valence-electron chi connectivity index (χ0n) is 20.0. The smallest absolute Gasteiger partial charge is 0.222 e. The Morgan fingerprint density at radius 1 is 0.633 bits per heavy atom. The molecule has 0 aromatic rings. The van der Waals surface area contributed by atoms with Crippen LogP contribution < -0.4 is 0 Å². The molecular formula is C26H51NO3. The summed E-state index contributed by atoms with van der Waals surface area (Å²) in [5, 5.41) is 17.9. The molecule has 0 bridgehead atoms. The van der Waals surface area contributed by atoms with Crippen molar-refractivity contribution in [1.29, 1.82) is 0 Å². The molecule has 30 heavy (non-hydrogen) atoms. The highest BCUT2D eigenvalue weighted by Crippen LogP contribution is 2.12. The summed E-state index contributed by atoms with van der Waals surface area (Å²) in [5.41, 5.74) is 0. The molecular weight excluding hydrogens is 374 g/mol. The predicted molar refractivity (Wildman–Crippen MR) is 129 cm³/mol. The van der Waals surface area contributed by atoms with Gasteiger partial charge in [0.2, 0.25) is 5.91 Å². The van der Waals surface area contributed by atoms with Gasteiger partial charge in [-0.25, -0.2) is 0 Å². The average Bonchev–Trinajstić information content (AvgIpc) is 2.75. The number of rotatable bonds is 23. The van der Waals surface area contributed by atoms with Crippen LogP contribution in [0.5, 0.6) is 0 Å². The third-order valence-corrected chi connectivity index (χ3v) is 5.74. The van der Waals surface area contributed by atoms with Gasteiger partial charge in [0, 0.05) is 19.5 Å². The van der Waals surface area contributed by atoms with Gasteiger partial charge in [0.05, 0.1) is 13.2 Å². The van der Waals surface area contributed by atoms with Crippen LogP contribution in [0.3, 0.4) is 0 Å². The highest BCUT2D eigenvalue weighted by atomic mass is 16.3. The van der Waals surface area contributed by atoms with E-state index in [1.165, 1.54) is 96.3 Å². The topological polar surface area (TPSA) is 60.8 Å². The summed E-state index contributed by atoms with van der Waals surface area (Å²) >= 11 is 0. The third-order valence-electron chi connectivity index (χ3n) is 5.74. The minimum atomic E-state index is -0.0405. The first-order valence-electron chi connectivity index (χ1n) is 12.9. The molecule has 0 fully saturated rings. The van der Waals surface area contributed by atoms with Gasteiger partial charge < -0.3 is 15.1 Å². The maximum absolute atomic E-state index is 12.0. The number of hydrogen-bond donors (Lipinski definition) is 2. The van der Waals surface area contributed by atoms with Gasteiger partial charge in [-0.05, 0) is 32.1 Å². The predicted octanol–water partition coefficient (Wildman–Crippen LogP) is 6.40. The maximum atomic E-state index is 12.0. The third kappa shape index (κ3) is 20.4. The van der Waals surface area contributed by atoms with Gasteiger partial charge in [-0.3, -0.25) is 4.79 Å². The van der Waals surface area contributed by atoms with E-state index in [0.717, 1.165) is 12.8 Å². The van der Waals surface area contributed by atoms with Crippen molar-refractivity contribution in [2.24, 2.45) is 0 Å². The molecule has 0 spiro atoms. The normalized spacial score (nSPS) is 11.4. The number of carbonyl (C=O) groups is 1. The fraction of sp³-hybridized carbons (Fsp3) is 0.885. The lowest BCUT2D eigenvalue weighted by atomic mass is 10.1. The largest absolute Gasteiger partial charge is 0.395 e. The molecule has 0 radical (unpaired) electrons. The van der Waals surface area contributed by atoms with E-state index in [1.807, 2.05) is 0 Å². The summed E-state index contributed by atoms with van der Waals surface area (Å²) in [4.78, 5) is 13.6. The molecule has 0 aliphatic carbocycles. The number of amides is 1. The quantitative estimate of drug-likeness (QED) is 0.147. The first-order valence-corrected chi connectivity index (χ1v) is 12.9. The molecule has 2 N–H and O–H groups in total. The fourth-order valence-corrected chi connectivity index (χ4v) is 3.81. The van der Waals surface area contributed by atoms with Crippen LogP contribution in [0, 0.1) is 0 Å². The second kappa shape index (κ2) is 24.4. The van der Waals surface area contributed by atoms with E-state index in [9.17, 15) is 4.79 Å². The maximum Gasteiger partial charge on any atom is 0.222 e. The fourth-order valence-electron chi connectivity index (χ4n) is 3.81. The Bertz CT molecular complexity index is 378. The van der Waals surface area contributed by atoms with E-state index in [0.29, 0.717) is 19.5 Å². The Morgan fingerprint density at radius 2 is 1.03 bits per heavy atom. The lowest BCUT2D eigenvalue weighted by Gasteiger charge is -2.20. The van der Waals surface area contributed by atoms with Gasteiger partial charge in [-0.1, -0.05) is 96.1 Å². The minimum absolute atomic E-state index is 0.0405. The lowest BCUT2D eigenvalue weighted by molar-refractivity contribution is -0.132. The second-order valence-corrected chi connectivity index (χ2v) is 8.58. The molecule has 0 rings (SSSR count). The van der Waals surface area contributed by atoms with Crippen molar-refractivity contribution in [3.8, 4) is 0 Å². The van der Waals surface area contributed by atoms with Crippen LogP contribution in [-0.4, -0.2) is 47.3 Å². The van der Waals surface area contributed by atoms with Crippen LogP contribution in [0.1, 0.15) is 122 Å². The van der Waals surface area contributed by atoms with Crippen LogP contribution in [0.25, 0.3) is 0 Å². The Kier molecular flexibility index (Phi) is 23.7. The van der Waals surface area contributed by atoms with Crippen molar-refractivity contribution in [2.75, 3.05) is 26.3 Å². The molecule has 0 atom stereocenters. The summed E-state index contributed by atoms with van der Waals surface area (Å²) < 4.78 is 0. The molecule has 0 saturated heterocycles. The number of aliphatic hydroxyl groups is 2. The molecule has 0 heterocycles. The number of aliphatic hydroxyl groups excluding tert-OH is 2. The number of hydrogen-bond acceptors (Lipinski definition) is 3. The van der Waals surface area contributed by atoms with E-state index in [1.54, 1.807) is 4.90 Å². The molecule has 4 nitrogen and oxygen atoms in total. The Morgan fingerprint density at radius 3 is 1.47 bits per heavy atom. The molecule has 0 aromatic heterocycles. The molecule has 0 aromatic carbocycles. The van der Waals surface area contributed by atoms with Gasteiger partial charge in [0.1, 0.15) is 0 Å². The van der Waals surface area contributed by atoms with E-state index < -0.39 is 0 Å². The first-order chi connectivity index (χ1) is 14.8. The SMILES string of the molecule is CCCCCCCCC=CCCCCCCCCCCCC(=O)N(CCO)CCO. The van der Waals surface area contributed by atoms with Gasteiger partial charge in [0.25, 0.3) is 0 Å². The van der Waals surface area contributed by atoms with Crippen molar-refractivity contribution in [2.45, 2.75) is 122 Å². The summed E-state index contributed by atoms with van der Waals surface area (Å²) in [7, 11) is 0. The summed E-state index contributed by atoms with van der Waals surface area (Å²) in [6.07, 6.45) is 27.3. The van der Waals surface area contributed by atoms with Crippen LogP contribution in [0.4, 0.5) is 0 Å². The monoisotopic (exact) mass is 425 g/mol. The lowest BCUT2D eigenvalue weighted by Crippen LogP contribution is -2.35. The number of carbonyl (C=O) groups excluding carboxylic acids is 1. The molecule has 4 heteroatoms. The van der Waals surface area contributed by atoms with Crippen LogP contribution >= 0.6 is 0 Å². The van der Waals surface area contributed by atoms with Crippen molar-refractivity contribution in [3.05, 3.63) is 12.2 Å². The van der Waals surface area contributed by atoms with Crippen LogP contribution in [0.15, 0.2) is 12.2 Å². The summed E-state index contributed by atoms with van der Waals surface area (Å²) in [5.74, 6) is 0.0547. The number of allylic oxidation sites excluding steroid dienone is 2. The van der Waals surface area contributed by atoms with Crippen LogP contribution in [0.2, 0.25) is 0 Å². The van der Waals surface area contributed by atoms with Gasteiger partial charge in [0.15, 0.2) is 0 Å². The van der Waals surface area contributed by atoms with E-state index >= 15 is 0 Å². The molecule has 0 aliphatic heterocycles. The zero-order chi connectivity index (χ0) is 22.1. The molecule has 0 unspecified atom stereocenters. The van der Waals surface area contributed by atoms with E-state index in [4.69, 9.17) is 10.2 Å². The molecule has 178 valence electrons. The van der Waals surface area contributed by atoms with Gasteiger partial charge >= 0.3 is 0 Å². The Labute approximate surface area is 187 Å². The number of nitrogens with zero attached hydrogens (tertiary/aromatic N) is 1. The molecule has 0 aliphatic rings. The highest BCUT2D eigenvalue weighted by molar-refractivity contribution is 5.76. The summed E-state index contributed by atoms with van der Waals surface area (Å²) in [6.45, 7) is 2.85. The van der Waals surface area contributed by atoms with Crippen molar-refractivity contribution in [3.63, 3.8) is 0 Å². The second-order valence-electron chi connectivity index (χ2n) is 8.58. The summed E-state index contributed by atoms with van der Waals surface area (Å²) in [6, 6.07) is 0. The van der Waals surface area contributed by atoms with Gasteiger partial charge in [-0.2, -0.15) is 0 Å². The van der Waals surface area contributed by atoms with E-state index in [-0.39, 0.29) is 19.1 Å². The molecule has 1 amide bonds. The zero-order valence-corrected chi connectivity index (χ0v) is 20.0. The average molecular weight is 426 g/mol. The van der Waals surface area contributed by atoms with Crippen LogP contribution in [-0.2, 0) is 4.79 Å². The first kappa shape index (κ1) is 29.1. The highest BCUT2D eigenvalue weighted by Gasteiger charge is 2.11. The van der Waals surface area contributed by atoms with E-state index in [2.05, 4.69) is 19.1 Å². The number of unbranched alkanes of at least 4 members (excludes halogenated alkanes) is 15.